The lowest BCUT2D eigenvalue weighted by atomic mass is 9.98. The third kappa shape index (κ3) is 4.75. The number of pyridine rings is 2. The molecule has 0 unspecified atom stereocenters. The van der Waals surface area contributed by atoms with Crippen molar-refractivity contribution in [3.8, 4) is 0 Å². The molecule has 194 valence electrons. The number of hydrogen-bond acceptors (Lipinski definition) is 7. The Morgan fingerprint density at radius 1 is 0.789 bits per heavy atom. The van der Waals surface area contributed by atoms with Gasteiger partial charge in [0.25, 0.3) is 5.91 Å². The van der Waals surface area contributed by atoms with Crippen molar-refractivity contribution in [3.05, 3.63) is 95.1 Å². The largest absolute Gasteiger partial charge is 0.342 e. The number of rotatable bonds is 6. The summed E-state index contributed by atoms with van der Waals surface area (Å²) in [7, 11) is 0. The lowest BCUT2D eigenvalue weighted by Gasteiger charge is -2.39. The number of hydrazine groups is 1. The molecule has 1 N–H and O–H groups in total. The van der Waals surface area contributed by atoms with Crippen LogP contribution in [0.4, 0.5) is 4.79 Å². The van der Waals surface area contributed by atoms with E-state index in [1.165, 1.54) is 21.1 Å². The molecule has 3 aromatic rings. The van der Waals surface area contributed by atoms with Gasteiger partial charge in [0.15, 0.2) is 0 Å². The minimum absolute atomic E-state index is 0.155. The second kappa shape index (κ2) is 10.3. The normalized spacial score (nSPS) is 18.7. The molecule has 0 bridgehead atoms. The number of fused-ring (bicyclic) bond motifs is 1. The van der Waals surface area contributed by atoms with E-state index in [1.54, 1.807) is 0 Å². The summed E-state index contributed by atoms with van der Waals surface area (Å²) in [5, 5.41) is 5.06. The van der Waals surface area contributed by atoms with Gasteiger partial charge in [0.2, 0.25) is 5.91 Å². The Morgan fingerprint density at radius 3 is 2.08 bits per heavy atom. The van der Waals surface area contributed by atoms with E-state index < -0.39 is 6.03 Å². The third-order valence-corrected chi connectivity index (χ3v) is 7.50. The highest BCUT2D eigenvalue weighted by Crippen LogP contribution is 2.30. The van der Waals surface area contributed by atoms with Crippen LogP contribution in [0.1, 0.15) is 45.1 Å². The van der Waals surface area contributed by atoms with Crippen molar-refractivity contribution in [3.63, 3.8) is 0 Å². The molecule has 2 fully saturated rings. The van der Waals surface area contributed by atoms with E-state index in [4.69, 9.17) is 0 Å². The molecule has 2 saturated heterocycles. The predicted octanol–water partition coefficient (Wildman–Crippen LogP) is 2.20. The Labute approximate surface area is 220 Å². The van der Waals surface area contributed by atoms with Crippen LogP contribution < -0.4 is 5.32 Å². The molecule has 3 aliphatic heterocycles. The molecule has 0 atom stereocenters. The second-order valence-corrected chi connectivity index (χ2v) is 9.86. The van der Waals surface area contributed by atoms with Crippen LogP contribution in [-0.4, -0.2) is 80.4 Å². The highest BCUT2D eigenvalue weighted by molar-refractivity contribution is 6.01. The Balaban J connectivity index is 1.11. The summed E-state index contributed by atoms with van der Waals surface area (Å²) in [6, 6.07) is 13.9. The topological polar surface area (TPSA) is 102 Å². The lowest BCUT2D eigenvalue weighted by molar-refractivity contribution is -0.123. The highest BCUT2D eigenvalue weighted by atomic mass is 16.2. The zero-order valence-corrected chi connectivity index (χ0v) is 21.0. The predicted molar refractivity (Wildman–Crippen MR) is 138 cm³/mol. The minimum Gasteiger partial charge on any atom is -0.297 e. The van der Waals surface area contributed by atoms with E-state index in [-0.39, 0.29) is 30.8 Å². The SMILES string of the molecule is O=C1CCN(N2Cc3cc(CN4CCN(C(c5ccncc5)c5ccncc5)CC4)ccc3C2=O)C(=O)N1. The second-order valence-electron chi connectivity index (χ2n) is 9.86. The molecule has 4 amide bonds. The van der Waals surface area contributed by atoms with E-state index in [1.807, 2.05) is 36.9 Å². The smallest absolute Gasteiger partial charge is 0.297 e. The van der Waals surface area contributed by atoms with Gasteiger partial charge in [0.1, 0.15) is 0 Å². The third-order valence-electron chi connectivity index (χ3n) is 7.50. The molecule has 38 heavy (non-hydrogen) atoms. The maximum atomic E-state index is 13.0. The summed E-state index contributed by atoms with van der Waals surface area (Å²) < 4.78 is 0. The lowest BCUT2D eigenvalue weighted by Crippen LogP contribution is -2.56. The fraction of sp³-hybridized carbons (Fsp3) is 0.321. The molecule has 3 aliphatic rings. The van der Waals surface area contributed by atoms with Crippen LogP contribution in [0.5, 0.6) is 0 Å². The molecule has 2 aromatic heterocycles. The van der Waals surface area contributed by atoms with Gasteiger partial charge in [-0.15, -0.1) is 0 Å². The van der Waals surface area contributed by atoms with Gasteiger partial charge in [-0.1, -0.05) is 12.1 Å². The number of nitrogens with one attached hydrogen (secondary N) is 1. The quantitative estimate of drug-likeness (QED) is 0.541. The van der Waals surface area contributed by atoms with Crippen molar-refractivity contribution in [2.24, 2.45) is 0 Å². The maximum Gasteiger partial charge on any atom is 0.342 e. The average molecular weight is 512 g/mol. The number of carbonyl (C=O) groups is 3. The molecule has 0 aliphatic carbocycles. The molecule has 0 saturated carbocycles. The Hall–Kier alpha value is -4.15. The number of aromatic nitrogens is 2. The molecule has 0 spiro atoms. The van der Waals surface area contributed by atoms with Crippen molar-refractivity contribution >= 4 is 17.8 Å². The summed E-state index contributed by atoms with van der Waals surface area (Å²) in [5.41, 5.74) is 5.11. The molecule has 0 radical (unpaired) electrons. The molecule has 5 heterocycles. The number of imide groups is 1. The zero-order chi connectivity index (χ0) is 26.1. The van der Waals surface area contributed by atoms with Gasteiger partial charge in [-0.05, 0) is 52.6 Å². The van der Waals surface area contributed by atoms with Crippen molar-refractivity contribution in [2.45, 2.75) is 25.6 Å². The van der Waals surface area contributed by atoms with Gasteiger partial charge in [-0.3, -0.25) is 34.7 Å². The van der Waals surface area contributed by atoms with E-state index in [0.29, 0.717) is 12.1 Å². The Bertz CT molecular complexity index is 1300. The van der Waals surface area contributed by atoms with Crippen LogP contribution in [0.3, 0.4) is 0 Å². The average Bonchev–Trinajstić information content (AvgIpc) is 3.26. The molecular formula is C28H29N7O3. The zero-order valence-electron chi connectivity index (χ0n) is 21.0. The standard InChI is InChI=1S/C28H29N7O3/c36-25-7-12-34(28(38)31-25)35-19-23-17-20(1-2-24(23)27(35)37)18-32-13-15-33(16-14-32)26(21-3-8-29-9-4-21)22-5-10-30-11-6-22/h1-6,8-11,17,26H,7,12-16,18-19H2,(H,31,36,38). The molecule has 10 nitrogen and oxygen atoms in total. The van der Waals surface area contributed by atoms with Crippen molar-refractivity contribution in [2.75, 3.05) is 32.7 Å². The van der Waals surface area contributed by atoms with Crippen LogP contribution in [0.25, 0.3) is 0 Å². The number of piperazine rings is 1. The van der Waals surface area contributed by atoms with Crippen molar-refractivity contribution < 1.29 is 14.4 Å². The van der Waals surface area contributed by atoms with E-state index in [0.717, 1.165) is 43.9 Å². The fourth-order valence-electron chi connectivity index (χ4n) is 5.58. The van der Waals surface area contributed by atoms with E-state index >= 15 is 0 Å². The first-order valence-electron chi connectivity index (χ1n) is 12.9. The number of carbonyl (C=O) groups excluding carboxylic acids is 3. The van der Waals surface area contributed by atoms with Gasteiger partial charge in [0.05, 0.1) is 19.1 Å². The number of hydrogen-bond donors (Lipinski definition) is 1. The summed E-state index contributed by atoms with van der Waals surface area (Å²) in [5.74, 6) is -0.520. The summed E-state index contributed by atoms with van der Waals surface area (Å²) in [6.07, 6.45) is 7.56. The first kappa shape index (κ1) is 24.2. The number of amides is 4. The first-order chi connectivity index (χ1) is 18.6. The van der Waals surface area contributed by atoms with Crippen molar-refractivity contribution in [1.82, 2.24) is 35.1 Å². The van der Waals surface area contributed by atoms with Crippen LogP contribution in [0.2, 0.25) is 0 Å². The van der Waals surface area contributed by atoms with E-state index in [2.05, 4.69) is 55.4 Å². The molecule has 6 rings (SSSR count). The summed E-state index contributed by atoms with van der Waals surface area (Å²) >= 11 is 0. The summed E-state index contributed by atoms with van der Waals surface area (Å²) in [6.45, 7) is 5.04. The van der Waals surface area contributed by atoms with Gasteiger partial charge >= 0.3 is 6.03 Å². The fourth-order valence-corrected chi connectivity index (χ4v) is 5.58. The van der Waals surface area contributed by atoms with Gasteiger partial charge < -0.3 is 0 Å². The van der Waals surface area contributed by atoms with Crippen LogP contribution in [0, 0.1) is 0 Å². The van der Waals surface area contributed by atoms with Crippen LogP contribution in [-0.2, 0) is 17.9 Å². The Kier molecular flexibility index (Phi) is 6.57. The number of urea groups is 1. The van der Waals surface area contributed by atoms with E-state index in [9.17, 15) is 14.4 Å². The van der Waals surface area contributed by atoms with Crippen molar-refractivity contribution in [1.29, 1.82) is 0 Å². The molecule has 10 heteroatoms. The van der Waals surface area contributed by atoms with Crippen LogP contribution in [0.15, 0.2) is 67.3 Å². The minimum atomic E-state index is -0.544. The van der Waals surface area contributed by atoms with Crippen LogP contribution >= 0.6 is 0 Å². The monoisotopic (exact) mass is 511 g/mol. The Morgan fingerprint density at radius 2 is 1.45 bits per heavy atom. The van der Waals surface area contributed by atoms with Gasteiger partial charge in [-0.2, -0.15) is 0 Å². The maximum absolute atomic E-state index is 13.0. The molecule has 1 aromatic carbocycles. The van der Waals surface area contributed by atoms with Gasteiger partial charge in [0, 0.05) is 69.5 Å². The number of nitrogens with zero attached hydrogens (tertiary/aromatic N) is 6. The summed E-state index contributed by atoms with van der Waals surface area (Å²) in [4.78, 5) is 50.0. The first-order valence-corrected chi connectivity index (χ1v) is 12.9. The van der Waals surface area contributed by atoms with Gasteiger partial charge in [-0.25, -0.2) is 14.8 Å². The highest BCUT2D eigenvalue weighted by Gasteiger charge is 2.37. The molecular weight excluding hydrogens is 482 g/mol. The number of benzene rings is 1.